The summed E-state index contributed by atoms with van der Waals surface area (Å²) in [4.78, 5) is 25.6. The lowest BCUT2D eigenvalue weighted by Gasteiger charge is -2.29. The number of carbonyl (C=O) groups is 2. The van der Waals surface area contributed by atoms with Crippen LogP contribution < -0.4 is 10.2 Å². The summed E-state index contributed by atoms with van der Waals surface area (Å²) in [5.41, 5.74) is 1.43. The van der Waals surface area contributed by atoms with Crippen molar-refractivity contribution >= 4 is 23.2 Å². The number of carbonyl (C=O) groups excluding carboxylic acids is 2. The van der Waals surface area contributed by atoms with Crippen LogP contribution in [0, 0.1) is 5.92 Å². The maximum Gasteiger partial charge on any atom is 0.244 e. The summed E-state index contributed by atoms with van der Waals surface area (Å²) in [6, 6.07) is 7.34. The maximum atomic E-state index is 12.4. The third-order valence-electron chi connectivity index (χ3n) is 3.59. The average molecular weight is 304 g/mol. The van der Waals surface area contributed by atoms with Crippen LogP contribution in [0.25, 0.3) is 0 Å². The van der Waals surface area contributed by atoms with E-state index >= 15 is 0 Å². The minimum atomic E-state index is -0.166. The minimum Gasteiger partial charge on any atom is -0.378 e. The lowest BCUT2D eigenvalue weighted by molar-refractivity contribution is -0.123. The number of amides is 2. The summed E-state index contributed by atoms with van der Waals surface area (Å²) < 4.78 is 5.68. The van der Waals surface area contributed by atoms with E-state index in [1.165, 1.54) is 4.90 Å². The molecule has 0 aromatic heterocycles. The normalized spacial score (nSPS) is 15.5. The number of rotatable bonds is 6. The highest BCUT2D eigenvalue weighted by atomic mass is 16.5. The predicted octanol–water partition coefficient (Wildman–Crippen LogP) is 2.81. The Morgan fingerprint density at radius 1 is 1.32 bits per heavy atom. The van der Waals surface area contributed by atoms with Gasteiger partial charge < -0.3 is 15.0 Å². The Labute approximate surface area is 131 Å². The van der Waals surface area contributed by atoms with Crippen LogP contribution in [0.15, 0.2) is 24.3 Å². The van der Waals surface area contributed by atoms with Crippen molar-refractivity contribution in [2.75, 3.05) is 23.4 Å². The van der Waals surface area contributed by atoms with Gasteiger partial charge in [0.1, 0.15) is 6.54 Å². The number of anilines is 2. The van der Waals surface area contributed by atoms with Crippen molar-refractivity contribution in [2.45, 2.75) is 39.7 Å². The zero-order chi connectivity index (χ0) is 16.1. The zero-order valence-corrected chi connectivity index (χ0v) is 13.5. The van der Waals surface area contributed by atoms with Gasteiger partial charge >= 0.3 is 0 Å². The molecule has 1 aromatic rings. The van der Waals surface area contributed by atoms with Gasteiger partial charge in [-0.1, -0.05) is 26.0 Å². The highest BCUT2D eigenvalue weighted by Crippen LogP contribution is 2.29. The van der Waals surface area contributed by atoms with Crippen LogP contribution in [0.3, 0.4) is 0 Å². The fourth-order valence-electron chi connectivity index (χ4n) is 2.67. The van der Waals surface area contributed by atoms with Gasteiger partial charge in [-0.2, -0.15) is 0 Å². The van der Waals surface area contributed by atoms with E-state index < -0.39 is 0 Å². The Balaban J connectivity index is 1.91. The standard InChI is InChI=1S/C17H24N2O3/c1-12(2)10-13(3)22-9-8-17(21)19-11-16(20)18-14-6-4-5-7-15(14)19/h4-7,12-13H,8-11H2,1-3H3,(H,18,20)/t13-/m0/s1. The van der Waals surface area contributed by atoms with Crippen molar-refractivity contribution in [3.63, 3.8) is 0 Å². The maximum absolute atomic E-state index is 12.4. The molecule has 0 spiro atoms. The summed E-state index contributed by atoms with van der Waals surface area (Å²) in [6.07, 6.45) is 1.40. The highest BCUT2D eigenvalue weighted by molar-refractivity contribution is 6.09. The molecule has 0 aliphatic carbocycles. The van der Waals surface area contributed by atoms with E-state index in [4.69, 9.17) is 4.74 Å². The molecule has 2 rings (SSSR count). The predicted molar refractivity (Wildman–Crippen MR) is 86.9 cm³/mol. The van der Waals surface area contributed by atoms with Crippen LogP contribution in [-0.2, 0) is 14.3 Å². The second-order valence-electron chi connectivity index (χ2n) is 6.11. The van der Waals surface area contributed by atoms with Crippen LogP contribution in [0.2, 0.25) is 0 Å². The second kappa shape index (κ2) is 7.40. The Morgan fingerprint density at radius 2 is 2.05 bits per heavy atom. The molecule has 0 fully saturated rings. The van der Waals surface area contributed by atoms with E-state index in [-0.39, 0.29) is 30.9 Å². The molecule has 1 aliphatic heterocycles. The summed E-state index contributed by atoms with van der Waals surface area (Å²) in [7, 11) is 0. The molecular weight excluding hydrogens is 280 g/mol. The molecular formula is C17H24N2O3. The molecule has 120 valence electrons. The number of nitrogens with zero attached hydrogens (tertiary/aromatic N) is 1. The first-order chi connectivity index (χ1) is 10.5. The summed E-state index contributed by atoms with van der Waals surface area (Å²) in [6.45, 7) is 6.76. The van der Waals surface area contributed by atoms with Gasteiger partial charge in [-0.25, -0.2) is 0 Å². The topological polar surface area (TPSA) is 58.6 Å². The fraction of sp³-hybridized carbons (Fsp3) is 0.529. The Kier molecular flexibility index (Phi) is 5.55. The number of nitrogens with one attached hydrogen (secondary N) is 1. The number of hydrogen-bond acceptors (Lipinski definition) is 3. The van der Waals surface area contributed by atoms with E-state index in [0.717, 1.165) is 12.1 Å². The molecule has 1 heterocycles. The number of hydrogen-bond donors (Lipinski definition) is 1. The number of ether oxygens (including phenoxy) is 1. The number of benzene rings is 1. The molecule has 22 heavy (non-hydrogen) atoms. The molecule has 1 aliphatic rings. The van der Waals surface area contributed by atoms with Crippen molar-refractivity contribution in [3.8, 4) is 0 Å². The summed E-state index contributed by atoms with van der Waals surface area (Å²) in [5, 5.41) is 2.78. The lowest BCUT2D eigenvalue weighted by atomic mass is 10.1. The van der Waals surface area contributed by atoms with Crippen molar-refractivity contribution in [1.82, 2.24) is 0 Å². The van der Waals surface area contributed by atoms with E-state index in [1.54, 1.807) is 6.07 Å². The SMILES string of the molecule is CC(C)C[C@H](C)OCCC(=O)N1CC(=O)Nc2ccccc21. The van der Waals surface area contributed by atoms with Gasteiger partial charge in [0, 0.05) is 0 Å². The van der Waals surface area contributed by atoms with Crippen molar-refractivity contribution < 1.29 is 14.3 Å². The third kappa shape index (κ3) is 4.31. The molecule has 1 atom stereocenters. The largest absolute Gasteiger partial charge is 0.378 e. The Morgan fingerprint density at radius 3 is 2.77 bits per heavy atom. The molecule has 1 N–H and O–H groups in total. The number of para-hydroxylation sites is 2. The van der Waals surface area contributed by atoms with Crippen molar-refractivity contribution in [1.29, 1.82) is 0 Å². The van der Waals surface area contributed by atoms with Gasteiger partial charge in [0.25, 0.3) is 0 Å². The molecule has 5 nitrogen and oxygen atoms in total. The number of fused-ring (bicyclic) bond motifs is 1. The van der Waals surface area contributed by atoms with Gasteiger partial charge in [0.15, 0.2) is 0 Å². The molecule has 0 unspecified atom stereocenters. The quantitative estimate of drug-likeness (QED) is 0.879. The molecule has 1 aromatic carbocycles. The Bertz CT molecular complexity index is 542. The van der Waals surface area contributed by atoms with Gasteiger partial charge in [0.2, 0.25) is 11.8 Å². The first-order valence-electron chi connectivity index (χ1n) is 7.78. The first-order valence-corrected chi connectivity index (χ1v) is 7.78. The zero-order valence-electron chi connectivity index (χ0n) is 13.5. The molecule has 0 saturated heterocycles. The van der Waals surface area contributed by atoms with E-state index in [1.807, 2.05) is 25.1 Å². The van der Waals surface area contributed by atoms with Crippen LogP contribution >= 0.6 is 0 Å². The summed E-state index contributed by atoms with van der Waals surface area (Å²) in [5.74, 6) is 0.323. The fourth-order valence-corrected chi connectivity index (χ4v) is 2.67. The van der Waals surface area contributed by atoms with Crippen molar-refractivity contribution in [2.24, 2.45) is 5.92 Å². The molecule has 0 radical (unpaired) electrons. The molecule has 0 saturated carbocycles. The average Bonchev–Trinajstić information content (AvgIpc) is 2.45. The molecule has 2 amide bonds. The molecule has 5 heteroatoms. The summed E-state index contributed by atoms with van der Waals surface area (Å²) >= 11 is 0. The van der Waals surface area contributed by atoms with Gasteiger partial charge in [0.05, 0.1) is 30.5 Å². The van der Waals surface area contributed by atoms with E-state index in [2.05, 4.69) is 19.2 Å². The van der Waals surface area contributed by atoms with Crippen LogP contribution in [0.5, 0.6) is 0 Å². The second-order valence-corrected chi connectivity index (χ2v) is 6.11. The van der Waals surface area contributed by atoms with Crippen LogP contribution in [-0.4, -0.2) is 31.1 Å². The van der Waals surface area contributed by atoms with Crippen LogP contribution in [0.1, 0.15) is 33.6 Å². The van der Waals surface area contributed by atoms with Crippen molar-refractivity contribution in [3.05, 3.63) is 24.3 Å². The van der Waals surface area contributed by atoms with Gasteiger partial charge in [-0.15, -0.1) is 0 Å². The third-order valence-corrected chi connectivity index (χ3v) is 3.59. The van der Waals surface area contributed by atoms with Crippen LogP contribution in [0.4, 0.5) is 11.4 Å². The molecule has 0 bridgehead atoms. The first kappa shape index (κ1) is 16.5. The highest BCUT2D eigenvalue weighted by Gasteiger charge is 2.26. The smallest absolute Gasteiger partial charge is 0.244 e. The van der Waals surface area contributed by atoms with E-state index in [9.17, 15) is 9.59 Å². The monoisotopic (exact) mass is 304 g/mol. The minimum absolute atomic E-state index is 0.0669. The van der Waals surface area contributed by atoms with Gasteiger partial charge in [-0.3, -0.25) is 9.59 Å². The lowest BCUT2D eigenvalue weighted by Crippen LogP contribution is -2.42. The van der Waals surface area contributed by atoms with E-state index in [0.29, 0.717) is 18.2 Å². The van der Waals surface area contributed by atoms with Gasteiger partial charge in [-0.05, 0) is 31.4 Å². The Hall–Kier alpha value is -1.88.